The lowest BCUT2D eigenvalue weighted by Crippen LogP contribution is -2.05. The fraction of sp³-hybridized carbons (Fsp3) is 0.214. The van der Waals surface area contributed by atoms with Gasteiger partial charge in [0.2, 0.25) is 0 Å². The summed E-state index contributed by atoms with van der Waals surface area (Å²) in [5.74, 6) is 0.984. The van der Waals surface area contributed by atoms with Crippen LogP contribution in [0, 0.1) is 0 Å². The Bertz CT molecular complexity index is 488. The third-order valence-electron chi connectivity index (χ3n) is 2.40. The van der Waals surface area contributed by atoms with E-state index in [-0.39, 0.29) is 18.5 Å². The smallest absolute Gasteiger partial charge is 0.303 e. The van der Waals surface area contributed by atoms with Crippen LogP contribution >= 0.6 is 0 Å². The SMILES string of the molecule is C=C1OC(COC(C)=O)=C(Cc2ccccc2)O1. The Morgan fingerprint density at radius 2 is 1.89 bits per heavy atom. The van der Waals surface area contributed by atoms with Gasteiger partial charge in [-0.05, 0) is 12.1 Å². The molecule has 1 heterocycles. The van der Waals surface area contributed by atoms with Crippen molar-refractivity contribution in [3.63, 3.8) is 0 Å². The van der Waals surface area contributed by atoms with Gasteiger partial charge in [-0.25, -0.2) is 0 Å². The minimum Gasteiger partial charge on any atom is -0.458 e. The summed E-state index contributed by atoms with van der Waals surface area (Å²) in [6.07, 6.45) is 0.580. The number of carbonyl (C=O) groups excluding carboxylic acids is 1. The first-order chi connectivity index (χ1) is 8.65. The zero-order valence-corrected chi connectivity index (χ0v) is 10.1. The van der Waals surface area contributed by atoms with E-state index in [0.29, 0.717) is 17.9 Å². The van der Waals surface area contributed by atoms with Crippen LogP contribution in [0.3, 0.4) is 0 Å². The Morgan fingerprint density at radius 3 is 2.56 bits per heavy atom. The fourth-order valence-electron chi connectivity index (χ4n) is 1.60. The molecule has 0 aromatic heterocycles. The van der Waals surface area contributed by atoms with Gasteiger partial charge in [-0.15, -0.1) is 0 Å². The number of benzene rings is 1. The van der Waals surface area contributed by atoms with Crippen molar-refractivity contribution in [3.05, 3.63) is 59.9 Å². The number of hydrogen-bond donors (Lipinski definition) is 0. The number of carbonyl (C=O) groups is 1. The zero-order valence-electron chi connectivity index (χ0n) is 10.1. The molecule has 0 saturated heterocycles. The molecule has 18 heavy (non-hydrogen) atoms. The number of esters is 1. The number of hydrogen-bond acceptors (Lipinski definition) is 4. The van der Waals surface area contributed by atoms with Gasteiger partial charge in [0, 0.05) is 13.3 Å². The second kappa shape index (κ2) is 5.40. The highest BCUT2D eigenvalue weighted by Gasteiger charge is 2.22. The third-order valence-corrected chi connectivity index (χ3v) is 2.40. The maximum atomic E-state index is 10.8. The quantitative estimate of drug-likeness (QED) is 0.766. The molecule has 0 fully saturated rings. The predicted molar refractivity (Wildman–Crippen MR) is 65.1 cm³/mol. The predicted octanol–water partition coefficient (Wildman–Crippen LogP) is 2.52. The van der Waals surface area contributed by atoms with Crippen LogP contribution in [0.5, 0.6) is 0 Å². The normalized spacial score (nSPS) is 14.2. The van der Waals surface area contributed by atoms with Gasteiger partial charge in [-0.2, -0.15) is 0 Å². The van der Waals surface area contributed by atoms with Gasteiger partial charge in [-0.3, -0.25) is 4.79 Å². The Kier molecular flexibility index (Phi) is 3.67. The molecule has 0 unspecified atom stereocenters. The number of ether oxygens (including phenoxy) is 3. The molecule has 1 aliphatic rings. The Balaban J connectivity index is 2.09. The first kappa shape index (κ1) is 12.2. The van der Waals surface area contributed by atoms with Gasteiger partial charge in [0.15, 0.2) is 18.1 Å². The molecule has 4 heteroatoms. The highest BCUT2D eigenvalue weighted by molar-refractivity contribution is 5.66. The highest BCUT2D eigenvalue weighted by atomic mass is 16.7. The number of rotatable bonds is 4. The molecule has 4 nitrogen and oxygen atoms in total. The van der Waals surface area contributed by atoms with Crippen LogP contribution in [0.2, 0.25) is 0 Å². The minimum absolute atomic E-state index is 0.0660. The highest BCUT2D eigenvalue weighted by Crippen LogP contribution is 2.26. The van der Waals surface area contributed by atoms with E-state index < -0.39 is 0 Å². The first-order valence-corrected chi connectivity index (χ1v) is 5.59. The van der Waals surface area contributed by atoms with Crippen LogP contribution in [0.1, 0.15) is 12.5 Å². The summed E-state index contributed by atoms with van der Waals surface area (Å²) in [6.45, 7) is 5.01. The molecule has 0 atom stereocenters. The van der Waals surface area contributed by atoms with Crippen molar-refractivity contribution in [3.8, 4) is 0 Å². The molecule has 0 radical (unpaired) electrons. The lowest BCUT2D eigenvalue weighted by Gasteiger charge is -2.04. The van der Waals surface area contributed by atoms with E-state index in [2.05, 4.69) is 6.58 Å². The Morgan fingerprint density at radius 1 is 1.22 bits per heavy atom. The molecular formula is C14H14O4. The van der Waals surface area contributed by atoms with Gasteiger partial charge < -0.3 is 14.2 Å². The van der Waals surface area contributed by atoms with Crippen molar-refractivity contribution in [2.24, 2.45) is 0 Å². The van der Waals surface area contributed by atoms with E-state index in [4.69, 9.17) is 14.2 Å². The maximum Gasteiger partial charge on any atom is 0.303 e. The van der Waals surface area contributed by atoms with Crippen molar-refractivity contribution < 1.29 is 19.0 Å². The molecule has 0 saturated carbocycles. The van der Waals surface area contributed by atoms with E-state index in [9.17, 15) is 4.79 Å². The molecule has 1 aromatic rings. The fourth-order valence-corrected chi connectivity index (χ4v) is 1.60. The van der Waals surface area contributed by atoms with E-state index in [1.165, 1.54) is 6.92 Å². The van der Waals surface area contributed by atoms with Crippen LogP contribution in [-0.2, 0) is 25.4 Å². The average Bonchev–Trinajstić information content (AvgIpc) is 2.68. The Labute approximate surface area is 105 Å². The molecule has 1 aromatic carbocycles. The lowest BCUT2D eigenvalue weighted by molar-refractivity contribution is -0.140. The summed E-state index contributed by atoms with van der Waals surface area (Å²) in [7, 11) is 0. The van der Waals surface area contributed by atoms with Crippen LogP contribution in [-0.4, -0.2) is 12.6 Å². The van der Waals surface area contributed by atoms with Crippen LogP contribution in [0.25, 0.3) is 0 Å². The molecule has 2 rings (SSSR count). The van der Waals surface area contributed by atoms with Crippen molar-refractivity contribution in [1.82, 2.24) is 0 Å². The van der Waals surface area contributed by atoms with Gasteiger partial charge in [0.05, 0.1) is 0 Å². The maximum absolute atomic E-state index is 10.8. The lowest BCUT2D eigenvalue weighted by atomic mass is 10.1. The summed E-state index contributed by atoms with van der Waals surface area (Å²) in [6, 6.07) is 9.82. The van der Waals surface area contributed by atoms with E-state index in [0.717, 1.165) is 5.56 Å². The molecule has 94 valence electrons. The van der Waals surface area contributed by atoms with Gasteiger partial charge in [-0.1, -0.05) is 30.3 Å². The van der Waals surface area contributed by atoms with Gasteiger partial charge in [0.1, 0.15) is 0 Å². The van der Waals surface area contributed by atoms with E-state index in [1.54, 1.807) is 0 Å². The third kappa shape index (κ3) is 3.13. The number of allylic oxidation sites excluding steroid dienone is 1. The monoisotopic (exact) mass is 246 g/mol. The van der Waals surface area contributed by atoms with Crippen LogP contribution in [0.4, 0.5) is 0 Å². The molecule has 0 bridgehead atoms. The summed E-state index contributed by atoms with van der Waals surface area (Å²) < 4.78 is 15.6. The first-order valence-electron chi connectivity index (χ1n) is 5.59. The molecule has 0 N–H and O–H groups in total. The summed E-state index contributed by atoms with van der Waals surface area (Å²) in [4.78, 5) is 10.8. The largest absolute Gasteiger partial charge is 0.458 e. The van der Waals surface area contributed by atoms with E-state index >= 15 is 0 Å². The van der Waals surface area contributed by atoms with Crippen molar-refractivity contribution in [1.29, 1.82) is 0 Å². The van der Waals surface area contributed by atoms with Crippen molar-refractivity contribution in [2.45, 2.75) is 13.3 Å². The van der Waals surface area contributed by atoms with Gasteiger partial charge >= 0.3 is 5.97 Å². The topological polar surface area (TPSA) is 44.8 Å². The summed E-state index contributed by atoms with van der Waals surface area (Å²) in [5, 5.41) is 0. The summed E-state index contributed by atoms with van der Waals surface area (Å²) in [5.41, 5.74) is 1.09. The molecular weight excluding hydrogens is 232 g/mol. The van der Waals surface area contributed by atoms with Crippen LogP contribution in [0.15, 0.2) is 54.4 Å². The molecule has 0 aliphatic carbocycles. The second-order valence-electron chi connectivity index (χ2n) is 3.87. The standard InChI is InChI=1S/C14H14O4/c1-10(15)16-9-14-13(17-11(2)18-14)8-12-6-4-3-5-7-12/h3-7H,2,8-9H2,1H3. The van der Waals surface area contributed by atoms with Crippen LogP contribution < -0.4 is 0 Å². The summed E-state index contributed by atoms with van der Waals surface area (Å²) >= 11 is 0. The van der Waals surface area contributed by atoms with E-state index in [1.807, 2.05) is 30.3 Å². The zero-order chi connectivity index (χ0) is 13.0. The minimum atomic E-state index is -0.359. The van der Waals surface area contributed by atoms with Crippen molar-refractivity contribution in [2.75, 3.05) is 6.61 Å². The average molecular weight is 246 g/mol. The Hall–Kier alpha value is -2.23. The van der Waals surface area contributed by atoms with Gasteiger partial charge in [0.25, 0.3) is 5.95 Å². The molecule has 0 amide bonds. The van der Waals surface area contributed by atoms with Crippen molar-refractivity contribution >= 4 is 5.97 Å². The molecule has 1 aliphatic heterocycles. The second-order valence-corrected chi connectivity index (χ2v) is 3.87. The molecule has 0 spiro atoms.